The van der Waals surface area contributed by atoms with Gasteiger partial charge in [0.1, 0.15) is 11.6 Å². The molecule has 4 heterocycles. The molecule has 0 amide bonds. The van der Waals surface area contributed by atoms with Crippen molar-refractivity contribution in [1.82, 2.24) is 35.9 Å². The van der Waals surface area contributed by atoms with Crippen LogP contribution in [0.1, 0.15) is 51.3 Å². The first-order valence-corrected chi connectivity index (χ1v) is 14.0. The molecule has 1 aliphatic carbocycles. The zero-order valence-electron chi connectivity index (χ0n) is 22.2. The summed E-state index contributed by atoms with van der Waals surface area (Å²) in [4.78, 5) is 9.33. The summed E-state index contributed by atoms with van der Waals surface area (Å²) in [5.74, 6) is 2.24. The summed E-state index contributed by atoms with van der Waals surface area (Å²) in [7, 11) is 0. The van der Waals surface area contributed by atoms with Crippen LogP contribution in [0.5, 0.6) is 0 Å². The number of tetrazole rings is 1. The normalized spacial score (nSPS) is 21.6. The summed E-state index contributed by atoms with van der Waals surface area (Å²) in [6, 6.07) is 11.4. The molecule has 1 saturated carbocycles. The Kier molecular flexibility index (Phi) is 8.86. The van der Waals surface area contributed by atoms with Crippen molar-refractivity contribution >= 4 is 23.2 Å². The van der Waals surface area contributed by atoms with E-state index in [-0.39, 0.29) is 6.04 Å². The Morgan fingerprint density at radius 3 is 2.72 bits per heavy atom. The molecular formula is C27H35ClN10O. The fourth-order valence-corrected chi connectivity index (χ4v) is 5.56. The van der Waals surface area contributed by atoms with Crippen molar-refractivity contribution in [3.63, 3.8) is 0 Å². The molecule has 12 heteroatoms. The lowest BCUT2D eigenvalue weighted by molar-refractivity contribution is 0.0455. The third kappa shape index (κ3) is 7.20. The molecule has 3 aromatic heterocycles. The van der Waals surface area contributed by atoms with Gasteiger partial charge in [0.25, 0.3) is 0 Å². The molecule has 0 aromatic carbocycles. The quantitative estimate of drug-likeness (QED) is 0.292. The molecule has 0 radical (unpaired) electrons. The van der Waals surface area contributed by atoms with E-state index < -0.39 is 5.41 Å². The highest BCUT2D eigenvalue weighted by Crippen LogP contribution is 2.32. The van der Waals surface area contributed by atoms with Crippen LogP contribution in [-0.2, 0) is 11.2 Å². The summed E-state index contributed by atoms with van der Waals surface area (Å²) in [5.41, 5.74) is 1.16. The number of H-pyrrole nitrogens is 1. The van der Waals surface area contributed by atoms with E-state index in [2.05, 4.69) is 54.6 Å². The van der Waals surface area contributed by atoms with E-state index in [1.54, 1.807) is 6.20 Å². The minimum atomic E-state index is -0.428. The van der Waals surface area contributed by atoms with E-state index in [9.17, 15) is 5.26 Å². The maximum absolute atomic E-state index is 9.74. The Hall–Kier alpha value is -3.33. The topological polar surface area (TPSA) is 149 Å². The lowest BCUT2D eigenvalue weighted by atomic mass is 9.82. The number of aromatic amines is 1. The predicted octanol–water partition coefficient (Wildman–Crippen LogP) is 3.99. The molecule has 5 rings (SSSR count). The molecular weight excluding hydrogens is 516 g/mol. The second-order valence-electron chi connectivity index (χ2n) is 10.6. The highest BCUT2D eigenvalue weighted by atomic mass is 35.5. The van der Waals surface area contributed by atoms with E-state index in [1.165, 1.54) is 0 Å². The number of anilines is 2. The van der Waals surface area contributed by atoms with Gasteiger partial charge in [-0.2, -0.15) is 10.5 Å². The van der Waals surface area contributed by atoms with Gasteiger partial charge in [-0.15, -0.1) is 10.2 Å². The highest BCUT2D eigenvalue weighted by molar-refractivity contribution is 6.33. The molecule has 0 spiro atoms. The molecule has 2 aliphatic rings. The molecule has 4 N–H and O–H groups in total. The fourth-order valence-electron chi connectivity index (χ4n) is 5.36. The lowest BCUT2D eigenvalue weighted by Crippen LogP contribution is -2.42. The molecule has 1 aliphatic heterocycles. The fraction of sp³-hybridized carbons (Fsp3) is 0.556. The Morgan fingerprint density at radius 2 is 1.97 bits per heavy atom. The Labute approximate surface area is 233 Å². The maximum Gasteiger partial charge on any atom is 0.176 e. The largest absolute Gasteiger partial charge is 0.381 e. The highest BCUT2D eigenvalue weighted by Gasteiger charge is 2.32. The van der Waals surface area contributed by atoms with Crippen molar-refractivity contribution in [2.45, 2.75) is 70.0 Å². The summed E-state index contributed by atoms with van der Waals surface area (Å²) >= 11 is 6.56. The number of aromatic nitrogens is 6. The molecule has 11 nitrogen and oxygen atoms in total. The van der Waals surface area contributed by atoms with Gasteiger partial charge >= 0.3 is 0 Å². The van der Waals surface area contributed by atoms with Gasteiger partial charge in [-0.25, -0.2) is 9.97 Å². The number of hydrogen-bond donors (Lipinski definition) is 4. The van der Waals surface area contributed by atoms with Gasteiger partial charge in [0.15, 0.2) is 5.82 Å². The van der Waals surface area contributed by atoms with Gasteiger partial charge in [0, 0.05) is 56.1 Å². The van der Waals surface area contributed by atoms with Crippen LogP contribution in [0, 0.1) is 16.7 Å². The van der Waals surface area contributed by atoms with Crippen LogP contribution in [0.2, 0.25) is 5.02 Å². The molecule has 1 atom stereocenters. The van der Waals surface area contributed by atoms with Crippen LogP contribution in [0.3, 0.4) is 0 Å². The van der Waals surface area contributed by atoms with Crippen LogP contribution in [0.4, 0.5) is 11.6 Å². The van der Waals surface area contributed by atoms with Crippen molar-refractivity contribution < 1.29 is 4.74 Å². The standard InChI is InChI=1S/C27H35ClN10O/c1-18(13-26-35-37-38-36-26)32-19-5-7-20(8-6-19)33-25-14-21(22(28)15-30-25)23-3-2-4-24(34-23)31-17-27(16-29)9-11-39-12-10-27/h2-4,14-15,18-20,32H,5-13,17H2,1H3,(H,30,33)(H,31,34)(H,35,36,37,38)/t18-,19?,20?/m1/s1. The van der Waals surface area contributed by atoms with E-state index >= 15 is 0 Å². The molecule has 1 saturated heterocycles. The number of hydrogen-bond acceptors (Lipinski definition) is 10. The maximum atomic E-state index is 9.74. The van der Waals surface area contributed by atoms with E-state index in [4.69, 9.17) is 21.3 Å². The van der Waals surface area contributed by atoms with E-state index in [1.807, 2.05) is 24.3 Å². The van der Waals surface area contributed by atoms with Gasteiger partial charge in [-0.1, -0.05) is 22.9 Å². The monoisotopic (exact) mass is 550 g/mol. The van der Waals surface area contributed by atoms with Crippen LogP contribution < -0.4 is 16.0 Å². The second-order valence-corrected chi connectivity index (χ2v) is 11.0. The van der Waals surface area contributed by atoms with Crippen LogP contribution >= 0.6 is 11.6 Å². The molecule has 3 aromatic rings. The van der Waals surface area contributed by atoms with Gasteiger partial charge in [-0.05, 0) is 63.6 Å². The van der Waals surface area contributed by atoms with Crippen molar-refractivity contribution in [3.05, 3.63) is 41.3 Å². The van der Waals surface area contributed by atoms with Crippen LogP contribution in [-0.4, -0.2) is 68.5 Å². The summed E-state index contributed by atoms with van der Waals surface area (Å²) in [6.45, 7) is 3.92. The third-order valence-corrected chi connectivity index (χ3v) is 7.95. The van der Waals surface area contributed by atoms with Crippen molar-refractivity contribution in [1.29, 1.82) is 5.26 Å². The molecule has 206 valence electrons. The van der Waals surface area contributed by atoms with Gasteiger partial charge < -0.3 is 20.7 Å². The first-order valence-electron chi connectivity index (χ1n) is 13.6. The van der Waals surface area contributed by atoms with Crippen molar-refractivity contribution in [2.24, 2.45) is 5.41 Å². The Morgan fingerprint density at radius 1 is 1.18 bits per heavy atom. The van der Waals surface area contributed by atoms with Gasteiger partial charge in [0.05, 0.1) is 22.2 Å². The number of nitrogens with one attached hydrogen (secondary N) is 4. The average molecular weight is 551 g/mol. The molecule has 0 bridgehead atoms. The van der Waals surface area contributed by atoms with Gasteiger partial charge in [-0.3, -0.25) is 0 Å². The summed E-state index contributed by atoms with van der Waals surface area (Å²) in [5, 5.41) is 35.2. The molecule has 2 fully saturated rings. The van der Waals surface area contributed by atoms with Crippen LogP contribution in [0.15, 0.2) is 30.5 Å². The zero-order chi connectivity index (χ0) is 27.1. The number of rotatable bonds is 10. The number of pyridine rings is 2. The first kappa shape index (κ1) is 27.2. The lowest BCUT2D eigenvalue weighted by Gasteiger charge is -2.31. The van der Waals surface area contributed by atoms with E-state index in [0.717, 1.165) is 73.7 Å². The number of ether oxygens (including phenoxy) is 1. The summed E-state index contributed by atoms with van der Waals surface area (Å²) < 4.78 is 5.44. The molecule has 0 unspecified atom stereocenters. The number of nitriles is 1. The third-order valence-electron chi connectivity index (χ3n) is 7.65. The minimum Gasteiger partial charge on any atom is -0.381 e. The van der Waals surface area contributed by atoms with Crippen LogP contribution in [0.25, 0.3) is 11.3 Å². The number of nitrogens with zero attached hydrogens (tertiary/aromatic N) is 6. The molecule has 39 heavy (non-hydrogen) atoms. The Balaban J connectivity index is 1.16. The second kappa shape index (κ2) is 12.7. The summed E-state index contributed by atoms with van der Waals surface area (Å²) in [6.07, 6.45) is 8.15. The zero-order valence-corrected chi connectivity index (χ0v) is 22.9. The van der Waals surface area contributed by atoms with Crippen molar-refractivity contribution in [3.8, 4) is 17.3 Å². The predicted molar refractivity (Wildman–Crippen MR) is 149 cm³/mol. The minimum absolute atomic E-state index is 0.289. The van der Waals surface area contributed by atoms with Gasteiger partial charge in [0.2, 0.25) is 0 Å². The van der Waals surface area contributed by atoms with Crippen molar-refractivity contribution in [2.75, 3.05) is 30.4 Å². The average Bonchev–Trinajstić information content (AvgIpc) is 3.47. The van der Waals surface area contributed by atoms with E-state index in [0.29, 0.717) is 36.9 Å². The SMILES string of the molecule is C[C@H](Cc1nn[nH]n1)NC1CCC(Nc2cc(-c3cccc(NCC4(C#N)CCOCC4)n3)c(Cl)cn2)CC1. The Bertz CT molecular complexity index is 1250. The number of halogens is 1. The smallest absolute Gasteiger partial charge is 0.176 e. The first-order chi connectivity index (χ1) is 19.0.